The molecule has 0 amide bonds. The van der Waals surface area contributed by atoms with Crippen LogP contribution in [-0.2, 0) is 73.5 Å². The summed E-state index contributed by atoms with van der Waals surface area (Å²) in [6.07, 6.45) is 0. The van der Waals surface area contributed by atoms with E-state index >= 15 is 0 Å². The number of hydrogen-bond acceptors (Lipinski definition) is 0. The summed E-state index contributed by atoms with van der Waals surface area (Å²) < 4.78 is 10.2. The summed E-state index contributed by atoms with van der Waals surface area (Å²) in [6, 6.07) is 89.4. The first kappa shape index (κ1) is 41.7. The quantitative estimate of drug-likeness (QED) is 0.0847. The van der Waals surface area contributed by atoms with E-state index in [4.69, 9.17) is 0 Å². The normalized spacial score (nSPS) is 11.3. The fraction of sp³-hybridized carbons (Fsp3) is 0.143. The molecule has 0 aromatic heterocycles. The molecule has 0 heterocycles. The topological polar surface area (TPSA) is 0 Å². The molecule has 0 unspecified atom stereocenters. The second-order valence-corrected chi connectivity index (χ2v) is 43.0. The summed E-state index contributed by atoms with van der Waals surface area (Å²) >= 11 is -5.60. The Morgan fingerprint density at radius 3 is 0.534 bits per heavy atom. The van der Waals surface area contributed by atoms with Crippen LogP contribution in [0, 0.1) is 0 Å². The van der Waals surface area contributed by atoms with Crippen molar-refractivity contribution in [3.8, 4) is 0 Å². The standard InChI is InChI=1S/8C7H7.Hf.Zr/c8*1-7-5-3-2-4-6-7;;/h8*2-6H,1H2;;. The van der Waals surface area contributed by atoms with E-state index in [1.807, 2.05) is 0 Å². The van der Waals surface area contributed by atoms with Gasteiger partial charge in [-0.3, -0.25) is 0 Å². The van der Waals surface area contributed by atoms with E-state index in [1.54, 1.807) is 0 Å². The Labute approximate surface area is 357 Å². The van der Waals surface area contributed by atoms with Crippen LogP contribution in [0.2, 0.25) is 0 Å². The number of rotatable bonds is 16. The third kappa shape index (κ3) is 13.3. The number of benzene rings is 8. The maximum absolute atomic E-state index is 2.88. The molecule has 8 aromatic rings. The first-order valence-electron chi connectivity index (χ1n) is 20.9. The van der Waals surface area contributed by atoms with E-state index < -0.39 is 40.2 Å². The van der Waals surface area contributed by atoms with Crippen LogP contribution >= 0.6 is 0 Å². The average Bonchev–Trinajstić information content (AvgIpc) is 3.27. The van der Waals surface area contributed by atoms with Crippen molar-refractivity contribution >= 4 is 0 Å². The molecule has 0 spiro atoms. The molecular weight excluding hydrogens is 942 g/mol. The zero-order valence-electron chi connectivity index (χ0n) is 33.8. The second kappa shape index (κ2) is 22.0. The molecule has 0 saturated carbocycles. The molecule has 0 nitrogen and oxygen atoms in total. The van der Waals surface area contributed by atoms with Gasteiger partial charge in [0, 0.05) is 0 Å². The summed E-state index contributed by atoms with van der Waals surface area (Å²) in [6.45, 7) is 0. The van der Waals surface area contributed by atoms with Crippen molar-refractivity contribution in [1.29, 1.82) is 0 Å². The molecule has 2 heteroatoms. The van der Waals surface area contributed by atoms with Gasteiger partial charge in [0.1, 0.15) is 0 Å². The van der Waals surface area contributed by atoms with Gasteiger partial charge in [-0.2, -0.15) is 0 Å². The van der Waals surface area contributed by atoms with Crippen LogP contribution in [0.25, 0.3) is 0 Å². The second-order valence-electron chi connectivity index (χ2n) is 16.3. The van der Waals surface area contributed by atoms with Gasteiger partial charge in [0.15, 0.2) is 0 Å². The summed E-state index contributed by atoms with van der Waals surface area (Å²) in [5.41, 5.74) is 12.1. The van der Waals surface area contributed by atoms with Gasteiger partial charge in [0.05, 0.1) is 0 Å². The Hall–Kier alpha value is -4.49. The molecule has 0 radical (unpaired) electrons. The van der Waals surface area contributed by atoms with Crippen LogP contribution in [0.4, 0.5) is 0 Å². The van der Waals surface area contributed by atoms with Gasteiger partial charge in [-0.1, -0.05) is 0 Å². The fourth-order valence-electron chi connectivity index (χ4n) is 8.98. The summed E-state index contributed by atoms with van der Waals surface area (Å²) in [5.74, 6) is 0. The molecule has 0 aliphatic heterocycles. The Kier molecular flexibility index (Phi) is 15.8. The Balaban J connectivity index is 0.000000177. The van der Waals surface area contributed by atoms with Crippen molar-refractivity contribution in [2.24, 2.45) is 0 Å². The van der Waals surface area contributed by atoms with Crippen molar-refractivity contribution in [1.82, 2.24) is 0 Å². The van der Waals surface area contributed by atoms with Crippen molar-refractivity contribution in [3.63, 3.8) is 0 Å². The maximum atomic E-state index is 2.33. The minimum atomic E-state index is -2.88. The van der Waals surface area contributed by atoms with E-state index in [9.17, 15) is 0 Å². The van der Waals surface area contributed by atoms with E-state index in [2.05, 4.69) is 243 Å². The van der Waals surface area contributed by atoms with Gasteiger partial charge in [0.25, 0.3) is 0 Å². The zero-order valence-corrected chi connectivity index (χ0v) is 39.8. The molecule has 8 rings (SSSR count). The van der Waals surface area contributed by atoms with Crippen LogP contribution < -0.4 is 0 Å². The van der Waals surface area contributed by atoms with E-state index in [-0.39, 0.29) is 0 Å². The molecule has 288 valence electrons. The molecule has 0 N–H and O–H groups in total. The van der Waals surface area contributed by atoms with Gasteiger partial charge in [0.2, 0.25) is 0 Å². The SMILES string of the molecule is c1ccc([CH2][Hf]([CH2]c2ccccc2)([CH2]c2ccccc2)[CH2]c2ccccc2)cc1.c1ccc([CH2][Zr]([CH2]c2ccccc2)([CH2]c2ccccc2)[CH2]c2ccccc2)cc1. The van der Waals surface area contributed by atoms with E-state index in [0.29, 0.717) is 0 Å². The third-order valence-corrected chi connectivity index (χ3v) is 39.4. The van der Waals surface area contributed by atoms with E-state index in [1.165, 1.54) is 77.7 Å². The average molecular weight is 999 g/mol. The molecule has 0 aliphatic rings. The Morgan fingerprint density at radius 1 is 0.207 bits per heavy atom. The Bertz CT molecular complexity index is 1790. The summed E-state index contributed by atoms with van der Waals surface area (Å²) in [5, 5.41) is 0. The molecular formula is C56H56HfZr. The monoisotopic (exact) mass is 998 g/mol. The Morgan fingerprint density at radius 2 is 0.362 bits per heavy atom. The van der Waals surface area contributed by atoms with Crippen LogP contribution in [0.15, 0.2) is 243 Å². The molecule has 0 aliphatic carbocycles. The molecule has 0 saturated heterocycles. The molecule has 58 heavy (non-hydrogen) atoms. The van der Waals surface area contributed by atoms with Crippen molar-refractivity contribution in [2.45, 2.75) is 33.2 Å². The van der Waals surface area contributed by atoms with Crippen LogP contribution in [0.1, 0.15) is 44.5 Å². The minimum absolute atomic E-state index is 1.27. The van der Waals surface area contributed by atoms with Crippen LogP contribution in [0.5, 0.6) is 0 Å². The van der Waals surface area contributed by atoms with E-state index in [0.717, 1.165) is 0 Å². The van der Waals surface area contributed by atoms with Crippen molar-refractivity contribution in [2.75, 3.05) is 0 Å². The first-order chi connectivity index (χ1) is 28.6. The van der Waals surface area contributed by atoms with Gasteiger partial charge >= 0.3 is 361 Å². The third-order valence-electron chi connectivity index (χ3n) is 11.4. The fourth-order valence-corrected chi connectivity index (χ4v) is 40.2. The van der Waals surface area contributed by atoms with Crippen molar-refractivity contribution in [3.05, 3.63) is 287 Å². The number of hydrogen-bond donors (Lipinski definition) is 0. The van der Waals surface area contributed by atoms with Crippen molar-refractivity contribution < 1.29 is 40.2 Å². The predicted octanol–water partition coefficient (Wildman–Crippen LogP) is 13.9. The van der Waals surface area contributed by atoms with Gasteiger partial charge < -0.3 is 0 Å². The summed E-state index contributed by atoms with van der Waals surface area (Å²) in [4.78, 5) is 0. The molecule has 0 fully saturated rings. The summed E-state index contributed by atoms with van der Waals surface area (Å²) in [7, 11) is 0. The van der Waals surface area contributed by atoms with Gasteiger partial charge in [-0.15, -0.1) is 0 Å². The molecule has 0 bridgehead atoms. The van der Waals surface area contributed by atoms with Crippen LogP contribution in [-0.4, -0.2) is 0 Å². The molecule has 8 aromatic carbocycles. The predicted molar refractivity (Wildman–Crippen MR) is 241 cm³/mol. The van der Waals surface area contributed by atoms with Gasteiger partial charge in [-0.25, -0.2) is 0 Å². The molecule has 0 atom stereocenters. The first-order valence-corrected chi connectivity index (χ1v) is 38.1. The van der Waals surface area contributed by atoms with Gasteiger partial charge in [-0.05, 0) is 0 Å². The zero-order chi connectivity index (χ0) is 39.6. The van der Waals surface area contributed by atoms with Crippen LogP contribution in [0.3, 0.4) is 0 Å².